The van der Waals surface area contributed by atoms with Gasteiger partial charge in [0.25, 0.3) is 0 Å². The number of hydrogen-bond acceptors (Lipinski definition) is 2. The molecule has 0 atom stereocenters. The Morgan fingerprint density at radius 1 is 1.50 bits per heavy atom. The van der Waals surface area contributed by atoms with Crippen molar-refractivity contribution in [2.45, 2.75) is 32.7 Å². The van der Waals surface area contributed by atoms with E-state index < -0.39 is 5.54 Å². The molecule has 3 nitrogen and oxygen atoms in total. The fraction of sp³-hybridized carbons (Fsp3) is 0.385. The van der Waals surface area contributed by atoms with Gasteiger partial charge >= 0.3 is 0 Å². The normalized spacial score (nSPS) is 10.6. The predicted molar refractivity (Wildman–Crippen MR) is 62.7 cm³/mol. The van der Waals surface area contributed by atoms with Gasteiger partial charge in [0.15, 0.2) is 0 Å². The Hall–Kier alpha value is -1.82. The highest BCUT2D eigenvalue weighted by atomic mass is 16.1. The summed E-state index contributed by atoms with van der Waals surface area (Å²) >= 11 is 0. The van der Waals surface area contributed by atoms with Crippen molar-refractivity contribution in [2.75, 3.05) is 0 Å². The van der Waals surface area contributed by atoms with Crippen LogP contribution >= 0.6 is 0 Å². The van der Waals surface area contributed by atoms with Crippen molar-refractivity contribution < 1.29 is 4.79 Å². The topological polar surface area (TPSA) is 52.9 Å². The average Bonchev–Trinajstić information content (AvgIpc) is 2.16. The summed E-state index contributed by atoms with van der Waals surface area (Å²) in [6.07, 6.45) is 0.312. The first-order valence-corrected chi connectivity index (χ1v) is 5.21. The highest BCUT2D eigenvalue weighted by Crippen LogP contribution is 2.06. The van der Waals surface area contributed by atoms with Crippen LogP contribution < -0.4 is 5.32 Å². The zero-order chi connectivity index (χ0) is 12.2. The van der Waals surface area contributed by atoms with E-state index in [2.05, 4.69) is 5.32 Å². The Labute approximate surface area is 96.1 Å². The van der Waals surface area contributed by atoms with Crippen molar-refractivity contribution in [2.24, 2.45) is 0 Å². The summed E-state index contributed by atoms with van der Waals surface area (Å²) in [5.74, 6) is -0.128. The highest BCUT2D eigenvalue weighted by molar-refractivity contribution is 5.79. The van der Waals surface area contributed by atoms with Crippen LogP contribution in [0, 0.1) is 18.3 Å². The highest BCUT2D eigenvalue weighted by Gasteiger charge is 2.18. The zero-order valence-electron chi connectivity index (χ0n) is 9.87. The van der Waals surface area contributed by atoms with Crippen LogP contribution in [0.5, 0.6) is 0 Å². The molecule has 1 aromatic carbocycles. The Morgan fingerprint density at radius 3 is 2.75 bits per heavy atom. The van der Waals surface area contributed by atoms with E-state index in [0.29, 0.717) is 6.42 Å². The van der Waals surface area contributed by atoms with Gasteiger partial charge in [-0.05, 0) is 26.3 Å². The molecule has 0 spiro atoms. The van der Waals surface area contributed by atoms with Crippen LogP contribution in [0.25, 0.3) is 0 Å². The standard InChI is InChI=1S/C13H16N2O/c1-10-5-4-6-11(7-10)8-12(16)15-13(2,3)9-14/h4-7H,8H2,1-3H3,(H,15,16). The third kappa shape index (κ3) is 3.74. The lowest BCUT2D eigenvalue weighted by Crippen LogP contribution is -2.42. The van der Waals surface area contributed by atoms with Crippen molar-refractivity contribution in [3.63, 3.8) is 0 Å². The zero-order valence-corrected chi connectivity index (χ0v) is 9.87. The first kappa shape index (κ1) is 12.3. The summed E-state index contributed by atoms with van der Waals surface area (Å²) in [4.78, 5) is 11.6. The molecule has 0 unspecified atom stereocenters. The van der Waals surface area contributed by atoms with Gasteiger partial charge in [-0.25, -0.2) is 0 Å². The van der Waals surface area contributed by atoms with Crippen LogP contribution in [-0.2, 0) is 11.2 Å². The minimum Gasteiger partial charge on any atom is -0.338 e. The molecule has 0 aliphatic heterocycles. The van der Waals surface area contributed by atoms with Gasteiger partial charge in [-0.1, -0.05) is 29.8 Å². The smallest absolute Gasteiger partial charge is 0.225 e. The molecule has 0 saturated carbocycles. The second-order valence-corrected chi connectivity index (χ2v) is 4.45. The van der Waals surface area contributed by atoms with Gasteiger partial charge in [-0.2, -0.15) is 5.26 Å². The van der Waals surface area contributed by atoms with E-state index in [9.17, 15) is 4.79 Å². The number of carbonyl (C=O) groups is 1. The van der Waals surface area contributed by atoms with Crippen molar-refractivity contribution >= 4 is 5.91 Å². The number of hydrogen-bond donors (Lipinski definition) is 1. The number of nitrogens with zero attached hydrogens (tertiary/aromatic N) is 1. The maximum atomic E-state index is 11.6. The molecule has 3 heteroatoms. The van der Waals surface area contributed by atoms with E-state index in [4.69, 9.17) is 5.26 Å². The molecule has 1 N–H and O–H groups in total. The summed E-state index contributed by atoms with van der Waals surface area (Å²) in [6.45, 7) is 5.35. The van der Waals surface area contributed by atoms with Gasteiger partial charge in [0.1, 0.15) is 5.54 Å². The molecule has 1 aromatic rings. The number of rotatable bonds is 3. The van der Waals surface area contributed by atoms with Gasteiger partial charge in [0.2, 0.25) is 5.91 Å². The molecule has 1 rings (SSSR count). The second-order valence-electron chi connectivity index (χ2n) is 4.45. The van der Waals surface area contributed by atoms with E-state index in [1.807, 2.05) is 37.3 Å². The molecule has 84 valence electrons. The van der Waals surface area contributed by atoms with Gasteiger partial charge in [-0.3, -0.25) is 4.79 Å². The van der Waals surface area contributed by atoms with E-state index in [1.165, 1.54) is 0 Å². The molecule has 0 heterocycles. The molecule has 16 heavy (non-hydrogen) atoms. The maximum absolute atomic E-state index is 11.6. The minimum absolute atomic E-state index is 0.128. The number of carbonyl (C=O) groups excluding carboxylic acids is 1. The number of amides is 1. The molecule has 0 saturated heterocycles. The SMILES string of the molecule is Cc1cccc(CC(=O)NC(C)(C)C#N)c1. The van der Waals surface area contributed by atoms with E-state index in [-0.39, 0.29) is 5.91 Å². The second kappa shape index (κ2) is 4.80. The van der Waals surface area contributed by atoms with Crippen LogP contribution in [0.3, 0.4) is 0 Å². The molecule has 0 bridgehead atoms. The van der Waals surface area contributed by atoms with E-state index in [1.54, 1.807) is 13.8 Å². The molecule has 0 radical (unpaired) electrons. The lowest BCUT2D eigenvalue weighted by molar-refractivity contribution is -0.121. The van der Waals surface area contributed by atoms with Crippen molar-refractivity contribution in [3.05, 3.63) is 35.4 Å². The molecule has 0 aliphatic rings. The fourth-order valence-electron chi connectivity index (χ4n) is 1.43. The van der Waals surface area contributed by atoms with Gasteiger partial charge in [-0.15, -0.1) is 0 Å². The average molecular weight is 216 g/mol. The summed E-state index contributed by atoms with van der Waals surface area (Å²) in [7, 11) is 0. The predicted octanol–water partition coefficient (Wildman–Crippen LogP) is 1.96. The summed E-state index contributed by atoms with van der Waals surface area (Å²) < 4.78 is 0. The number of benzene rings is 1. The van der Waals surface area contributed by atoms with Crippen LogP contribution in [0.1, 0.15) is 25.0 Å². The summed E-state index contributed by atoms with van der Waals surface area (Å²) in [5.41, 5.74) is 1.29. The summed E-state index contributed by atoms with van der Waals surface area (Å²) in [5, 5.41) is 11.5. The number of nitriles is 1. The molecule has 0 aliphatic carbocycles. The quantitative estimate of drug-likeness (QED) is 0.839. The van der Waals surface area contributed by atoms with Crippen LogP contribution in [0.15, 0.2) is 24.3 Å². The van der Waals surface area contributed by atoms with Crippen molar-refractivity contribution in [1.29, 1.82) is 5.26 Å². The Balaban J connectivity index is 2.63. The molecule has 1 amide bonds. The number of aryl methyl sites for hydroxylation is 1. The van der Waals surface area contributed by atoms with Gasteiger partial charge < -0.3 is 5.32 Å². The Kier molecular flexibility index (Phi) is 3.68. The van der Waals surface area contributed by atoms with E-state index >= 15 is 0 Å². The molecule has 0 fully saturated rings. The third-order valence-electron chi connectivity index (χ3n) is 2.18. The Morgan fingerprint density at radius 2 is 2.19 bits per heavy atom. The van der Waals surface area contributed by atoms with Gasteiger partial charge in [0, 0.05) is 0 Å². The number of nitrogens with one attached hydrogen (secondary N) is 1. The van der Waals surface area contributed by atoms with Crippen LogP contribution in [0.4, 0.5) is 0 Å². The summed E-state index contributed by atoms with van der Waals surface area (Å²) in [6, 6.07) is 9.83. The largest absolute Gasteiger partial charge is 0.338 e. The monoisotopic (exact) mass is 216 g/mol. The van der Waals surface area contributed by atoms with Crippen molar-refractivity contribution in [3.8, 4) is 6.07 Å². The lowest BCUT2D eigenvalue weighted by atomic mass is 10.1. The first-order valence-electron chi connectivity index (χ1n) is 5.21. The van der Waals surface area contributed by atoms with Crippen LogP contribution in [-0.4, -0.2) is 11.4 Å². The third-order valence-corrected chi connectivity index (χ3v) is 2.18. The molecular formula is C13H16N2O. The maximum Gasteiger partial charge on any atom is 0.225 e. The van der Waals surface area contributed by atoms with Crippen molar-refractivity contribution in [1.82, 2.24) is 5.32 Å². The molecule has 0 aromatic heterocycles. The lowest BCUT2D eigenvalue weighted by Gasteiger charge is -2.17. The fourth-order valence-corrected chi connectivity index (χ4v) is 1.43. The van der Waals surface area contributed by atoms with Crippen LogP contribution in [0.2, 0.25) is 0 Å². The van der Waals surface area contributed by atoms with E-state index in [0.717, 1.165) is 11.1 Å². The minimum atomic E-state index is -0.805. The van der Waals surface area contributed by atoms with Gasteiger partial charge in [0.05, 0.1) is 12.5 Å². The Bertz CT molecular complexity index is 430. The molecular weight excluding hydrogens is 200 g/mol. The first-order chi connectivity index (χ1) is 7.43.